The molecule has 30 heavy (non-hydrogen) atoms. The van der Waals surface area contributed by atoms with E-state index in [1.807, 2.05) is 0 Å². The van der Waals surface area contributed by atoms with Gasteiger partial charge in [0.1, 0.15) is 11.4 Å². The Kier molecular flexibility index (Phi) is 6.65. The lowest BCUT2D eigenvalue weighted by Gasteiger charge is -2.25. The van der Waals surface area contributed by atoms with Crippen molar-refractivity contribution < 1.29 is 27.5 Å². The molecule has 2 aromatic rings. The molecule has 0 bridgehead atoms. The molecule has 11 heteroatoms. The van der Waals surface area contributed by atoms with Gasteiger partial charge in [0.15, 0.2) is 0 Å². The Labute approximate surface area is 173 Å². The number of sulfonamides is 1. The quantitative estimate of drug-likeness (QED) is 0.647. The van der Waals surface area contributed by atoms with Gasteiger partial charge in [0.25, 0.3) is 5.56 Å². The lowest BCUT2D eigenvalue weighted by molar-refractivity contribution is -0.116. The first-order chi connectivity index (χ1) is 14.3. The molecule has 10 nitrogen and oxygen atoms in total. The highest BCUT2D eigenvalue weighted by Gasteiger charge is 2.29. The second-order valence-electron chi connectivity index (χ2n) is 6.44. The maximum absolute atomic E-state index is 12.8. The summed E-state index contributed by atoms with van der Waals surface area (Å²) in [6, 6.07) is 8.66. The third kappa shape index (κ3) is 4.75. The van der Waals surface area contributed by atoms with Crippen LogP contribution in [0.5, 0.6) is 0 Å². The number of morpholine rings is 1. The molecule has 3 rings (SSSR count). The number of hydrogen-bond donors (Lipinski definition) is 1. The molecule has 0 atom stereocenters. The first-order valence-electron chi connectivity index (χ1n) is 9.08. The predicted octanol–water partition coefficient (Wildman–Crippen LogP) is 0.295. The number of hydrogen-bond acceptors (Lipinski definition) is 7. The van der Waals surface area contributed by atoms with Crippen LogP contribution in [0.15, 0.2) is 52.3 Å². The summed E-state index contributed by atoms with van der Waals surface area (Å²) in [5.41, 5.74) is -0.0364. The Balaban J connectivity index is 1.74. The van der Waals surface area contributed by atoms with Gasteiger partial charge < -0.3 is 19.4 Å². The average molecular weight is 435 g/mol. The van der Waals surface area contributed by atoms with Crippen LogP contribution >= 0.6 is 0 Å². The van der Waals surface area contributed by atoms with Crippen molar-refractivity contribution in [2.24, 2.45) is 0 Å². The molecule has 1 aliphatic heterocycles. The molecule has 1 amide bonds. The third-order valence-corrected chi connectivity index (χ3v) is 6.39. The molecule has 1 saturated heterocycles. The highest BCUT2D eigenvalue weighted by molar-refractivity contribution is 7.89. The van der Waals surface area contributed by atoms with Crippen LogP contribution < -0.4 is 10.9 Å². The van der Waals surface area contributed by atoms with E-state index in [0.29, 0.717) is 11.3 Å². The van der Waals surface area contributed by atoms with E-state index in [1.54, 1.807) is 0 Å². The molecular weight excluding hydrogens is 414 g/mol. The number of rotatable bonds is 6. The minimum atomic E-state index is -3.98. The van der Waals surface area contributed by atoms with Crippen molar-refractivity contribution in [2.45, 2.75) is 11.4 Å². The monoisotopic (exact) mass is 435 g/mol. The molecule has 0 unspecified atom stereocenters. The summed E-state index contributed by atoms with van der Waals surface area (Å²) < 4.78 is 37.5. The number of nitrogens with zero attached hydrogens (tertiary/aromatic N) is 2. The van der Waals surface area contributed by atoms with Crippen molar-refractivity contribution in [3.63, 3.8) is 0 Å². The van der Waals surface area contributed by atoms with Crippen LogP contribution in [0.2, 0.25) is 0 Å². The molecule has 1 fully saturated rings. The maximum Gasteiger partial charge on any atom is 0.337 e. The SMILES string of the molecule is COC(=O)c1ccc(NC(=O)Cn2cccc(S(=O)(=O)N3CCOCC3)c2=O)cc1. The topological polar surface area (TPSA) is 124 Å². The summed E-state index contributed by atoms with van der Waals surface area (Å²) >= 11 is 0. The Morgan fingerprint density at radius 3 is 2.43 bits per heavy atom. The highest BCUT2D eigenvalue weighted by atomic mass is 32.2. The van der Waals surface area contributed by atoms with Gasteiger partial charge in [-0.25, -0.2) is 13.2 Å². The summed E-state index contributed by atoms with van der Waals surface area (Å²) in [6.07, 6.45) is 1.35. The molecular formula is C19H21N3O7S. The van der Waals surface area contributed by atoms with Gasteiger partial charge in [0, 0.05) is 25.0 Å². The Morgan fingerprint density at radius 2 is 1.80 bits per heavy atom. The van der Waals surface area contributed by atoms with Gasteiger partial charge in [-0.1, -0.05) is 0 Å². The van der Waals surface area contributed by atoms with Gasteiger partial charge >= 0.3 is 5.97 Å². The van der Waals surface area contributed by atoms with Crippen molar-refractivity contribution in [3.05, 3.63) is 58.5 Å². The average Bonchev–Trinajstić information content (AvgIpc) is 2.75. The first kappa shape index (κ1) is 21.7. The summed E-state index contributed by atoms with van der Waals surface area (Å²) in [5.74, 6) is -1.03. The molecule has 0 radical (unpaired) electrons. The molecule has 1 aliphatic rings. The normalized spacial score (nSPS) is 14.8. The van der Waals surface area contributed by atoms with Crippen LogP contribution in [0, 0.1) is 0 Å². The fourth-order valence-corrected chi connectivity index (χ4v) is 4.42. The zero-order chi connectivity index (χ0) is 21.7. The lowest BCUT2D eigenvalue weighted by atomic mass is 10.2. The van der Waals surface area contributed by atoms with E-state index in [-0.39, 0.29) is 37.7 Å². The second-order valence-corrected chi connectivity index (χ2v) is 8.35. The molecule has 160 valence electrons. The number of methoxy groups -OCH3 is 1. The number of carbonyl (C=O) groups excluding carboxylic acids is 2. The van der Waals surface area contributed by atoms with Crippen molar-refractivity contribution in [2.75, 3.05) is 38.7 Å². The number of carbonyl (C=O) groups is 2. The van der Waals surface area contributed by atoms with Crippen LogP contribution in [0.4, 0.5) is 5.69 Å². The third-order valence-electron chi connectivity index (χ3n) is 4.48. The van der Waals surface area contributed by atoms with Gasteiger partial charge in [0.2, 0.25) is 15.9 Å². The Bertz CT molecular complexity index is 1090. The molecule has 0 saturated carbocycles. The molecule has 1 aromatic carbocycles. The van der Waals surface area contributed by atoms with E-state index in [2.05, 4.69) is 10.1 Å². The molecule has 1 aromatic heterocycles. The summed E-state index contributed by atoms with van der Waals surface area (Å²) in [5, 5.41) is 2.60. The number of ether oxygens (including phenoxy) is 2. The van der Waals surface area contributed by atoms with Crippen molar-refractivity contribution in [3.8, 4) is 0 Å². The molecule has 0 spiro atoms. The van der Waals surface area contributed by atoms with Gasteiger partial charge in [0.05, 0.1) is 25.9 Å². The van der Waals surface area contributed by atoms with E-state index < -0.39 is 27.5 Å². The first-order valence-corrected chi connectivity index (χ1v) is 10.5. The number of amides is 1. The van der Waals surface area contributed by atoms with Crippen LogP contribution in [-0.4, -0.2) is 62.6 Å². The van der Waals surface area contributed by atoms with Gasteiger partial charge in [-0.05, 0) is 36.4 Å². The Hall–Kier alpha value is -3.02. The zero-order valence-electron chi connectivity index (χ0n) is 16.2. The number of benzene rings is 1. The van der Waals surface area contributed by atoms with Gasteiger partial charge in [-0.15, -0.1) is 0 Å². The fraction of sp³-hybridized carbons (Fsp3) is 0.316. The second kappa shape index (κ2) is 9.20. The van der Waals surface area contributed by atoms with Crippen LogP contribution in [0.25, 0.3) is 0 Å². The summed E-state index contributed by atoms with van der Waals surface area (Å²) in [6.45, 7) is 0.482. The van der Waals surface area contributed by atoms with Gasteiger partial charge in [-0.3, -0.25) is 9.59 Å². The number of aromatic nitrogens is 1. The van der Waals surface area contributed by atoms with Crippen molar-refractivity contribution in [1.82, 2.24) is 8.87 Å². The number of nitrogens with one attached hydrogen (secondary N) is 1. The summed E-state index contributed by atoms with van der Waals surface area (Å²) in [7, 11) is -2.71. The standard InChI is InChI=1S/C19H21N3O7S/c1-28-19(25)14-4-6-15(7-5-14)20-17(23)13-21-8-2-3-16(18(21)24)30(26,27)22-9-11-29-12-10-22/h2-8H,9-13H2,1H3,(H,20,23). The highest BCUT2D eigenvalue weighted by Crippen LogP contribution is 2.14. The minimum absolute atomic E-state index is 0.165. The van der Waals surface area contributed by atoms with Crippen molar-refractivity contribution >= 4 is 27.6 Å². The Morgan fingerprint density at radius 1 is 1.13 bits per heavy atom. The summed E-state index contributed by atoms with van der Waals surface area (Å²) in [4.78, 5) is 36.1. The molecule has 1 N–H and O–H groups in total. The zero-order valence-corrected chi connectivity index (χ0v) is 17.1. The maximum atomic E-state index is 12.8. The predicted molar refractivity (Wildman–Crippen MR) is 107 cm³/mol. The number of pyridine rings is 1. The van der Waals surface area contributed by atoms with E-state index >= 15 is 0 Å². The van der Waals surface area contributed by atoms with Crippen LogP contribution in [-0.2, 0) is 30.8 Å². The molecule has 0 aliphatic carbocycles. The van der Waals surface area contributed by atoms with E-state index in [4.69, 9.17) is 4.74 Å². The number of esters is 1. The lowest BCUT2D eigenvalue weighted by Crippen LogP contribution is -2.43. The van der Waals surface area contributed by atoms with Crippen LogP contribution in [0.1, 0.15) is 10.4 Å². The molecule has 2 heterocycles. The minimum Gasteiger partial charge on any atom is -0.465 e. The van der Waals surface area contributed by atoms with Gasteiger partial charge in [-0.2, -0.15) is 4.31 Å². The van der Waals surface area contributed by atoms with E-state index in [0.717, 1.165) is 4.57 Å². The smallest absolute Gasteiger partial charge is 0.337 e. The van der Waals surface area contributed by atoms with E-state index in [1.165, 1.54) is 54.0 Å². The van der Waals surface area contributed by atoms with Crippen LogP contribution in [0.3, 0.4) is 0 Å². The van der Waals surface area contributed by atoms with Crippen molar-refractivity contribution in [1.29, 1.82) is 0 Å². The largest absolute Gasteiger partial charge is 0.465 e. The number of anilines is 1. The fourth-order valence-electron chi connectivity index (χ4n) is 2.92. The van der Waals surface area contributed by atoms with E-state index in [9.17, 15) is 22.8 Å².